The van der Waals surface area contributed by atoms with E-state index in [1.807, 2.05) is 0 Å². The third-order valence-electron chi connectivity index (χ3n) is 4.04. The van der Waals surface area contributed by atoms with Crippen molar-refractivity contribution < 1.29 is 41.3 Å². The molecule has 0 aliphatic carbocycles. The van der Waals surface area contributed by atoms with E-state index >= 15 is 0 Å². The zero-order chi connectivity index (χ0) is 25.8. The highest BCUT2D eigenvalue weighted by atomic mass is 35.5. The Kier molecular flexibility index (Phi) is 11.3. The second kappa shape index (κ2) is 13.9. The lowest BCUT2D eigenvalue weighted by Crippen LogP contribution is -2.08. The van der Waals surface area contributed by atoms with Gasteiger partial charge in [-0.1, -0.05) is 28.8 Å². The largest absolute Gasteiger partial charge is 0.439 e. The fraction of sp³-hybridized carbons (Fsp3) is 0.250. The molecule has 3 rings (SSSR count). The number of ether oxygens (including phenoxy) is 1. The van der Waals surface area contributed by atoms with Crippen LogP contribution in [0.5, 0.6) is 11.6 Å². The minimum absolute atomic E-state index is 0.0330. The average molecular weight is 541 g/mol. The number of pyridine rings is 1. The Morgan fingerprint density at radius 2 is 1.80 bits per heavy atom. The van der Waals surface area contributed by atoms with E-state index in [2.05, 4.69) is 29.6 Å². The number of benzene rings is 1. The van der Waals surface area contributed by atoms with E-state index in [0.29, 0.717) is 24.9 Å². The Balaban J connectivity index is 0.000000784. The van der Waals surface area contributed by atoms with Crippen molar-refractivity contribution in [1.82, 2.24) is 15.0 Å². The van der Waals surface area contributed by atoms with Gasteiger partial charge in [0.25, 0.3) is 6.43 Å². The van der Waals surface area contributed by atoms with Gasteiger partial charge in [-0.3, -0.25) is 0 Å². The van der Waals surface area contributed by atoms with Gasteiger partial charge in [-0.25, -0.2) is 29.0 Å². The summed E-state index contributed by atoms with van der Waals surface area (Å²) < 4.78 is 72.5. The molecular formula is C20H18ClF5N4O4S. The molecule has 2 heterocycles. The quantitative estimate of drug-likeness (QED) is 0.134. The van der Waals surface area contributed by atoms with E-state index in [4.69, 9.17) is 21.6 Å². The molecule has 8 nitrogen and oxygen atoms in total. The lowest BCUT2D eigenvalue weighted by atomic mass is 10.1. The van der Waals surface area contributed by atoms with Gasteiger partial charge in [0.1, 0.15) is 28.6 Å². The summed E-state index contributed by atoms with van der Waals surface area (Å²) in [6.45, 7) is 0.375. The van der Waals surface area contributed by atoms with Crippen molar-refractivity contribution in [2.75, 3.05) is 18.1 Å². The molecule has 0 atom stereocenters. The number of rotatable bonds is 9. The molecule has 3 aromatic rings. The third-order valence-corrected chi connectivity index (χ3v) is 4.61. The molecule has 0 amide bonds. The number of nitrogens with zero attached hydrogens (tertiary/aromatic N) is 3. The van der Waals surface area contributed by atoms with Gasteiger partial charge in [0.05, 0.1) is 5.56 Å². The number of alkyl halides is 5. The van der Waals surface area contributed by atoms with Gasteiger partial charge in [0.2, 0.25) is 5.88 Å². The summed E-state index contributed by atoms with van der Waals surface area (Å²) in [5.74, 6) is 0.556. The Morgan fingerprint density at radius 3 is 2.31 bits per heavy atom. The molecule has 2 N–H and O–H groups in total. The molecule has 0 bridgehead atoms. The fourth-order valence-electron chi connectivity index (χ4n) is 2.47. The van der Waals surface area contributed by atoms with Gasteiger partial charge in [-0.15, -0.1) is 4.33 Å². The Bertz CT molecular complexity index is 1050. The van der Waals surface area contributed by atoms with Crippen molar-refractivity contribution in [3.05, 3.63) is 70.8 Å². The van der Waals surface area contributed by atoms with Crippen molar-refractivity contribution in [3.63, 3.8) is 0 Å². The summed E-state index contributed by atoms with van der Waals surface area (Å²) in [4.78, 5) is 11.0. The van der Waals surface area contributed by atoms with E-state index in [9.17, 15) is 22.0 Å². The summed E-state index contributed by atoms with van der Waals surface area (Å²) in [7, 11) is 0. The maximum atomic E-state index is 12.8. The van der Waals surface area contributed by atoms with E-state index in [1.54, 1.807) is 30.5 Å². The second-order valence-electron chi connectivity index (χ2n) is 6.34. The van der Waals surface area contributed by atoms with Crippen LogP contribution in [0.1, 0.15) is 23.2 Å². The van der Waals surface area contributed by atoms with Crippen LogP contribution in [0.4, 0.5) is 27.8 Å². The average Bonchev–Trinajstić information content (AvgIpc) is 2.82. The summed E-state index contributed by atoms with van der Waals surface area (Å²) >= 11 is 6.80. The smallest absolute Gasteiger partial charge is 0.417 e. The molecule has 0 saturated carbocycles. The highest BCUT2D eigenvalue weighted by molar-refractivity contribution is 7.93. The number of aromatic nitrogens is 3. The molecule has 1 aromatic carbocycles. The SMILES string of the molecule is CSOOO.FC(F)c1ncnc(NCCc2ccc(Oc3ccc(C(F)(F)F)cn3)cc2)c1Cl. The zero-order valence-corrected chi connectivity index (χ0v) is 19.4. The predicted molar refractivity (Wildman–Crippen MR) is 118 cm³/mol. The maximum absolute atomic E-state index is 12.8. The van der Waals surface area contributed by atoms with Crippen molar-refractivity contribution in [2.24, 2.45) is 0 Å². The normalized spacial score (nSPS) is 11.1. The van der Waals surface area contributed by atoms with Crippen LogP contribution in [0.15, 0.2) is 48.9 Å². The molecule has 0 unspecified atom stereocenters. The molecule has 0 fully saturated rings. The van der Waals surface area contributed by atoms with Crippen LogP contribution in [0.2, 0.25) is 5.02 Å². The molecule has 190 valence electrons. The van der Waals surface area contributed by atoms with Crippen LogP contribution >= 0.6 is 23.6 Å². The zero-order valence-electron chi connectivity index (χ0n) is 17.8. The van der Waals surface area contributed by atoms with E-state index in [1.165, 1.54) is 0 Å². The van der Waals surface area contributed by atoms with E-state index in [-0.39, 0.29) is 16.7 Å². The Morgan fingerprint density at radius 1 is 1.09 bits per heavy atom. The third kappa shape index (κ3) is 9.41. The molecular weight excluding hydrogens is 523 g/mol. The summed E-state index contributed by atoms with van der Waals surface area (Å²) in [6, 6.07) is 8.82. The molecule has 35 heavy (non-hydrogen) atoms. The van der Waals surface area contributed by atoms with Crippen LogP contribution in [-0.4, -0.2) is 33.0 Å². The summed E-state index contributed by atoms with van der Waals surface area (Å²) in [5, 5.41) is 13.1. The lowest BCUT2D eigenvalue weighted by Gasteiger charge is -2.10. The number of anilines is 1. The van der Waals surface area contributed by atoms with Gasteiger partial charge in [-0.05, 0) is 30.2 Å². The van der Waals surface area contributed by atoms with Crippen molar-refractivity contribution in [3.8, 4) is 11.6 Å². The standard InChI is InChI=1S/C19H14ClF5N4O.CH4O3S/c20-15-16(17(21)22)28-10-29-18(15)26-8-7-11-1-4-13(5-2-11)30-14-6-3-12(9-27-14)19(23,24)25;1-5-4-3-2/h1-6,9-10,17H,7-8H2,(H,26,28,29);2H,1H3. The molecule has 2 aromatic heterocycles. The van der Waals surface area contributed by atoms with Gasteiger partial charge in [-0.2, -0.15) is 13.2 Å². The molecule has 0 radical (unpaired) electrons. The molecule has 0 aliphatic heterocycles. The first-order valence-corrected chi connectivity index (χ1v) is 11.0. The topological polar surface area (TPSA) is 98.6 Å². The van der Waals surface area contributed by atoms with Crippen molar-refractivity contribution in [2.45, 2.75) is 19.0 Å². The van der Waals surface area contributed by atoms with Crippen LogP contribution < -0.4 is 10.1 Å². The van der Waals surface area contributed by atoms with Crippen LogP contribution in [0.3, 0.4) is 0 Å². The molecule has 0 spiro atoms. The van der Waals surface area contributed by atoms with Gasteiger partial charge < -0.3 is 10.1 Å². The van der Waals surface area contributed by atoms with Crippen molar-refractivity contribution >= 4 is 29.5 Å². The van der Waals surface area contributed by atoms with Crippen LogP contribution in [-0.2, 0) is 22.0 Å². The highest BCUT2D eigenvalue weighted by Crippen LogP contribution is 2.31. The van der Waals surface area contributed by atoms with Gasteiger partial charge in [0.15, 0.2) is 0 Å². The molecule has 0 aliphatic rings. The highest BCUT2D eigenvalue weighted by Gasteiger charge is 2.30. The van der Waals surface area contributed by atoms with E-state index < -0.39 is 23.9 Å². The minimum atomic E-state index is -4.46. The first kappa shape index (κ1) is 28.5. The number of nitrogens with one attached hydrogen (secondary N) is 1. The van der Waals surface area contributed by atoms with E-state index in [0.717, 1.165) is 36.1 Å². The summed E-state index contributed by atoms with van der Waals surface area (Å²) in [6.07, 6.45) is -3.39. The number of hydrogen-bond donors (Lipinski definition) is 2. The molecule has 15 heteroatoms. The first-order chi connectivity index (χ1) is 16.7. The summed E-state index contributed by atoms with van der Waals surface area (Å²) in [5.41, 5.74) is -0.496. The lowest BCUT2D eigenvalue weighted by molar-refractivity contribution is -0.432. The van der Waals surface area contributed by atoms with Gasteiger partial charge in [0, 0.05) is 37.1 Å². The monoisotopic (exact) mass is 540 g/mol. The number of hydrogen-bond acceptors (Lipinski definition) is 9. The maximum Gasteiger partial charge on any atom is 0.417 e. The fourth-order valence-corrected chi connectivity index (χ4v) is 2.78. The number of halogens is 6. The van der Waals surface area contributed by atoms with Gasteiger partial charge >= 0.3 is 6.18 Å². The Hall–Kier alpha value is -2.78. The first-order valence-electron chi connectivity index (χ1n) is 9.49. The van der Waals surface area contributed by atoms with Crippen LogP contribution in [0, 0.1) is 0 Å². The second-order valence-corrected chi connectivity index (χ2v) is 7.18. The minimum Gasteiger partial charge on any atom is -0.439 e. The molecule has 0 saturated heterocycles. The predicted octanol–water partition coefficient (Wildman–Crippen LogP) is 6.61. The van der Waals surface area contributed by atoms with Crippen molar-refractivity contribution in [1.29, 1.82) is 0 Å². The van der Waals surface area contributed by atoms with Crippen LogP contribution in [0.25, 0.3) is 0 Å². The Labute approximate surface area is 205 Å².